The molecule has 2 aliphatic heterocycles. The van der Waals surface area contributed by atoms with Gasteiger partial charge in [0.1, 0.15) is 11.6 Å². The Bertz CT molecular complexity index is 1130. The lowest BCUT2D eigenvalue weighted by atomic mass is 9.64. The number of carbonyl (C=O) groups excluding carboxylic acids is 5. The van der Waals surface area contributed by atoms with Crippen LogP contribution in [0.1, 0.15) is 59.3 Å². The van der Waals surface area contributed by atoms with Crippen LogP contribution in [0.2, 0.25) is 0 Å². The molecule has 8 atom stereocenters. The SMILES string of the molecule is CC(C)(C)[C@H](NC(=O)C1(F)CCC1)C(=O)N1CC2C3C=CC(C3)C2C1(C(N)=O)[C@H](C[C@H]1CCNC1=O)C(N)=O. The van der Waals surface area contributed by atoms with E-state index in [4.69, 9.17) is 11.5 Å². The number of rotatable bonds is 8. The predicted molar refractivity (Wildman–Crippen MR) is 139 cm³/mol. The molecule has 5 unspecified atom stereocenters. The largest absolute Gasteiger partial charge is 0.369 e. The fourth-order valence-corrected chi connectivity index (χ4v) is 7.98. The second kappa shape index (κ2) is 9.30. The average Bonchev–Trinajstić information content (AvgIpc) is 3.60. The van der Waals surface area contributed by atoms with E-state index >= 15 is 4.39 Å². The third-order valence-electron chi connectivity index (χ3n) is 10.1. The van der Waals surface area contributed by atoms with Gasteiger partial charge >= 0.3 is 0 Å². The van der Waals surface area contributed by atoms with E-state index in [0.29, 0.717) is 19.4 Å². The van der Waals surface area contributed by atoms with Crippen LogP contribution >= 0.6 is 0 Å². The molecule has 0 aromatic carbocycles. The van der Waals surface area contributed by atoms with Crippen LogP contribution < -0.4 is 22.1 Å². The van der Waals surface area contributed by atoms with Gasteiger partial charge in [-0.15, -0.1) is 0 Å². The van der Waals surface area contributed by atoms with E-state index < -0.39 is 64.0 Å². The van der Waals surface area contributed by atoms with Crippen molar-refractivity contribution in [2.45, 2.75) is 76.5 Å². The lowest BCUT2D eigenvalue weighted by Gasteiger charge is -2.48. The van der Waals surface area contributed by atoms with E-state index in [9.17, 15) is 24.0 Å². The normalized spacial score (nSPS) is 35.6. The lowest BCUT2D eigenvalue weighted by molar-refractivity contribution is -0.159. The van der Waals surface area contributed by atoms with Crippen LogP contribution in [0, 0.1) is 40.9 Å². The number of allylic oxidation sites excluding steroid dienone is 2. The first-order chi connectivity index (χ1) is 18.2. The van der Waals surface area contributed by atoms with E-state index in [1.54, 1.807) is 20.8 Å². The number of amides is 5. The number of nitrogens with one attached hydrogen (secondary N) is 2. The molecular weight excluding hydrogens is 505 g/mol. The minimum Gasteiger partial charge on any atom is -0.369 e. The summed E-state index contributed by atoms with van der Waals surface area (Å²) in [6, 6.07) is -1.18. The van der Waals surface area contributed by atoms with Crippen molar-refractivity contribution in [1.82, 2.24) is 15.5 Å². The quantitative estimate of drug-likeness (QED) is 0.327. The fraction of sp³-hybridized carbons (Fsp3) is 0.750. The Hall–Kier alpha value is -2.98. The Labute approximate surface area is 227 Å². The topological polar surface area (TPSA) is 165 Å². The molecule has 0 aromatic heterocycles. The van der Waals surface area contributed by atoms with Gasteiger partial charge in [0.2, 0.25) is 23.6 Å². The molecule has 10 nitrogen and oxygen atoms in total. The number of nitrogens with two attached hydrogens (primary N) is 2. The Morgan fingerprint density at radius 2 is 1.85 bits per heavy atom. The summed E-state index contributed by atoms with van der Waals surface area (Å²) in [4.78, 5) is 68.3. The van der Waals surface area contributed by atoms with Crippen LogP contribution in [0.15, 0.2) is 12.2 Å². The van der Waals surface area contributed by atoms with Crippen LogP contribution in [-0.4, -0.2) is 64.8 Å². The minimum atomic E-state index is -2.03. The first-order valence-electron chi connectivity index (χ1n) is 14.1. The van der Waals surface area contributed by atoms with Crippen molar-refractivity contribution in [3.8, 4) is 0 Å². The maximum Gasteiger partial charge on any atom is 0.258 e. The van der Waals surface area contributed by atoms with Gasteiger partial charge in [-0.2, -0.15) is 0 Å². The maximum absolute atomic E-state index is 15.0. The van der Waals surface area contributed by atoms with E-state index in [2.05, 4.69) is 16.7 Å². The number of halogens is 1. The van der Waals surface area contributed by atoms with E-state index in [0.717, 1.165) is 6.42 Å². The first-order valence-corrected chi connectivity index (χ1v) is 14.1. The summed E-state index contributed by atoms with van der Waals surface area (Å²) in [5, 5.41) is 5.41. The molecule has 5 rings (SSSR count). The Morgan fingerprint density at radius 1 is 1.18 bits per heavy atom. The zero-order chi connectivity index (χ0) is 28.5. The number of hydrogen-bond acceptors (Lipinski definition) is 5. The molecule has 2 heterocycles. The maximum atomic E-state index is 15.0. The molecule has 5 aliphatic rings. The molecule has 2 bridgehead atoms. The van der Waals surface area contributed by atoms with Gasteiger partial charge in [0, 0.05) is 24.9 Å². The summed E-state index contributed by atoms with van der Waals surface area (Å²) in [5.41, 5.74) is 7.52. The number of hydrogen-bond donors (Lipinski definition) is 4. The minimum absolute atomic E-state index is 0.0155. The summed E-state index contributed by atoms with van der Waals surface area (Å²) in [5.74, 6) is -5.62. The van der Waals surface area contributed by atoms with Crippen molar-refractivity contribution >= 4 is 29.5 Å². The highest BCUT2D eigenvalue weighted by atomic mass is 19.1. The first kappa shape index (κ1) is 27.6. The van der Waals surface area contributed by atoms with Crippen LogP contribution in [0.5, 0.6) is 0 Å². The molecule has 0 radical (unpaired) electrons. The highest BCUT2D eigenvalue weighted by molar-refractivity contribution is 6.00. The van der Waals surface area contributed by atoms with Crippen molar-refractivity contribution in [3.05, 3.63) is 12.2 Å². The fourth-order valence-electron chi connectivity index (χ4n) is 7.98. The van der Waals surface area contributed by atoms with Crippen molar-refractivity contribution in [2.75, 3.05) is 13.1 Å². The average molecular weight is 546 g/mol. The van der Waals surface area contributed by atoms with Gasteiger partial charge in [-0.1, -0.05) is 32.9 Å². The van der Waals surface area contributed by atoms with E-state index in [1.807, 2.05) is 6.08 Å². The number of fused-ring (bicyclic) bond motifs is 5. The molecule has 5 amide bonds. The van der Waals surface area contributed by atoms with Crippen LogP contribution in [0.3, 0.4) is 0 Å². The summed E-state index contributed by atoms with van der Waals surface area (Å²) in [6.45, 7) is 5.86. The Balaban J connectivity index is 1.58. The summed E-state index contributed by atoms with van der Waals surface area (Å²) in [7, 11) is 0. The standard InChI is InChI=1S/C28H40FN5O5/c1-26(2,3)20(33-25(39)27(29)8-4-9-27)23(37)34-13-17-14-5-6-15(11-14)19(17)28(34,24(31)38)18(21(30)35)12-16-7-10-32-22(16)36/h5-6,14-20H,4,7-13H2,1-3H3,(H2,30,35)(H2,31,38)(H,32,36)(H,33,39)/t14?,15?,16-,17?,18-,19?,20-,28?/m1/s1. The highest BCUT2D eigenvalue weighted by Gasteiger charge is 2.70. The third-order valence-corrected chi connectivity index (χ3v) is 10.1. The van der Waals surface area contributed by atoms with E-state index in [-0.39, 0.29) is 49.5 Å². The third kappa shape index (κ3) is 4.14. The molecule has 11 heteroatoms. The molecular formula is C28H40FN5O5. The Kier molecular flexibility index (Phi) is 6.58. The van der Waals surface area contributed by atoms with Gasteiger partial charge in [0.15, 0.2) is 5.67 Å². The van der Waals surface area contributed by atoms with Crippen LogP contribution in [-0.2, 0) is 24.0 Å². The van der Waals surface area contributed by atoms with Gasteiger partial charge in [-0.05, 0) is 61.7 Å². The number of likely N-dealkylation sites (tertiary alicyclic amines) is 1. The van der Waals surface area contributed by atoms with Crippen molar-refractivity contribution in [2.24, 2.45) is 52.4 Å². The smallest absolute Gasteiger partial charge is 0.258 e. The lowest BCUT2D eigenvalue weighted by Crippen LogP contribution is -2.70. The Morgan fingerprint density at radius 3 is 2.36 bits per heavy atom. The van der Waals surface area contributed by atoms with E-state index in [1.165, 1.54) is 4.90 Å². The second-order valence-corrected chi connectivity index (χ2v) is 13.3. The highest BCUT2D eigenvalue weighted by Crippen LogP contribution is 2.61. The zero-order valence-corrected chi connectivity index (χ0v) is 22.9. The van der Waals surface area contributed by atoms with Gasteiger partial charge in [-0.3, -0.25) is 24.0 Å². The molecule has 39 heavy (non-hydrogen) atoms. The summed E-state index contributed by atoms with van der Waals surface area (Å²) < 4.78 is 15.0. The van der Waals surface area contributed by atoms with Gasteiger partial charge in [0.25, 0.3) is 5.91 Å². The van der Waals surface area contributed by atoms with Crippen molar-refractivity contribution < 1.29 is 28.4 Å². The zero-order valence-electron chi connectivity index (χ0n) is 22.9. The molecule has 4 fully saturated rings. The second-order valence-electron chi connectivity index (χ2n) is 13.3. The number of alkyl halides is 1. The predicted octanol–water partition coefficient (Wildman–Crippen LogP) is 0.542. The molecule has 6 N–H and O–H groups in total. The monoisotopic (exact) mass is 545 g/mol. The van der Waals surface area contributed by atoms with Crippen molar-refractivity contribution in [1.29, 1.82) is 0 Å². The van der Waals surface area contributed by atoms with Crippen LogP contribution in [0.4, 0.5) is 4.39 Å². The molecule has 2 saturated carbocycles. The number of nitrogens with zero attached hydrogens (tertiary/aromatic N) is 1. The molecule has 2 saturated heterocycles. The van der Waals surface area contributed by atoms with Gasteiger partial charge in [0.05, 0.1) is 5.92 Å². The van der Waals surface area contributed by atoms with Gasteiger partial charge in [-0.25, -0.2) is 4.39 Å². The summed E-state index contributed by atoms with van der Waals surface area (Å²) in [6.07, 6.45) is 6.11. The van der Waals surface area contributed by atoms with Crippen molar-refractivity contribution in [3.63, 3.8) is 0 Å². The summed E-state index contributed by atoms with van der Waals surface area (Å²) >= 11 is 0. The molecule has 0 aromatic rings. The molecule has 0 spiro atoms. The molecule has 3 aliphatic carbocycles. The number of primary amides is 2. The molecule has 214 valence electrons. The van der Waals surface area contributed by atoms with Crippen LogP contribution in [0.25, 0.3) is 0 Å². The number of carbonyl (C=O) groups is 5. The van der Waals surface area contributed by atoms with Gasteiger partial charge < -0.3 is 27.0 Å².